The Labute approximate surface area is 537 Å². The van der Waals surface area contributed by atoms with E-state index in [1.165, 1.54) is 161 Å². The number of unbranched alkanes of at least 4 members (excludes halogenated alkanes) is 37. The molecule has 88 heavy (non-hydrogen) atoms. The van der Waals surface area contributed by atoms with Gasteiger partial charge in [0.2, 0.25) is 0 Å². The Bertz CT molecular complexity index is 1720. The van der Waals surface area contributed by atoms with Crippen LogP contribution in [0.5, 0.6) is 0 Å². The molecule has 0 bridgehead atoms. The highest BCUT2D eigenvalue weighted by atomic mass is 31.2. The lowest BCUT2D eigenvalue weighted by Gasteiger charge is -2.21. The predicted molar refractivity (Wildman–Crippen MR) is 354 cm³/mol. The molecule has 19 heteroatoms. The van der Waals surface area contributed by atoms with Gasteiger partial charge in [-0.1, -0.05) is 298 Å². The maximum atomic E-state index is 13.0. The normalized spacial score (nSPS) is 14.5. The van der Waals surface area contributed by atoms with Crippen molar-refractivity contribution in [2.24, 2.45) is 11.8 Å². The van der Waals surface area contributed by atoms with Crippen molar-refractivity contribution in [3.05, 3.63) is 0 Å². The van der Waals surface area contributed by atoms with Crippen molar-refractivity contribution in [3.8, 4) is 0 Å². The first-order chi connectivity index (χ1) is 42.4. The fourth-order valence-electron chi connectivity index (χ4n) is 10.4. The molecule has 0 radical (unpaired) electrons. The van der Waals surface area contributed by atoms with Gasteiger partial charge in [0.25, 0.3) is 0 Å². The Morgan fingerprint density at radius 3 is 0.864 bits per heavy atom. The number of esters is 4. The lowest BCUT2D eigenvalue weighted by atomic mass is 9.99. The van der Waals surface area contributed by atoms with Crippen molar-refractivity contribution in [1.29, 1.82) is 0 Å². The zero-order chi connectivity index (χ0) is 65.0. The predicted octanol–water partition coefficient (Wildman–Crippen LogP) is 19.6. The summed E-state index contributed by atoms with van der Waals surface area (Å²) in [7, 11) is -9.89. The number of carbonyl (C=O) groups excluding carboxylic acids is 4. The molecule has 17 nitrogen and oxygen atoms in total. The van der Waals surface area contributed by atoms with E-state index in [-0.39, 0.29) is 25.7 Å². The summed E-state index contributed by atoms with van der Waals surface area (Å²) in [6.45, 7) is 9.38. The summed E-state index contributed by atoms with van der Waals surface area (Å²) in [4.78, 5) is 72.1. The number of ether oxygens (including phenoxy) is 4. The van der Waals surface area contributed by atoms with Gasteiger partial charge in [-0.3, -0.25) is 37.3 Å². The zero-order valence-electron chi connectivity index (χ0n) is 57.0. The van der Waals surface area contributed by atoms with E-state index >= 15 is 0 Å². The van der Waals surface area contributed by atoms with Gasteiger partial charge < -0.3 is 33.8 Å². The molecule has 0 aliphatic rings. The third-order valence-corrected chi connectivity index (χ3v) is 18.2. The average Bonchev–Trinajstić information content (AvgIpc) is 3.52. The van der Waals surface area contributed by atoms with Gasteiger partial charge in [0.15, 0.2) is 12.2 Å². The van der Waals surface area contributed by atoms with Gasteiger partial charge in [-0.15, -0.1) is 0 Å². The lowest BCUT2D eigenvalue weighted by Crippen LogP contribution is -2.30. The molecular weight excluding hydrogens is 1160 g/mol. The summed E-state index contributed by atoms with van der Waals surface area (Å²) in [5, 5.41) is 10.5. The number of aliphatic hydroxyl groups excluding tert-OH is 1. The molecule has 0 aliphatic carbocycles. The van der Waals surface area contributed by atoms with Crippen molar-refractivity contribution in [2.75, 3.05) is 39.6 Å². The molecule has 0 saturated carbocycles. The van der Waals surface area contributed by atoms with E-state index in [9.17, 15) is 43.2 Å². The van der Waals surface area contributed by atoms with E-state index in [4.69, 9.17) is 37.0 Å². The van der Waals surface area contributed by atoms with Crippen molar-refractivity contribution < 1.29 is 80.2 Å². The molecule has 0 amide bonds. The highest BCUT2D eigenvalue weighted by molar-refractivity contribution is 7.47. The second-order valence-electron chi connectivity index (χ2n) is 25.6. The molecular formula is C69H134O17P2. The standard InChI is InChI=1S/C69H134O17P2/c1-7-10-12-14-15-16-17-18-19-20-21-22-23-24-25-26-31-34-41-47-53-68(73)85-65(58-80-67(72)52-46-40-33-30-28-27-29-32-39-44-50-62(6)9-3)60-84-88(77,78)82-56-63(70)55-81-87(75,76)83-59-64(57-79-66(71)51-45-37-13-11-8-2)86-69(74)54-48-42-36-35-38-43-49-61(4)5/h61-65,70H,7-60H2,1-6H3,(H,75,76)(H,77,78)/t62?,63-,64+,65+/m0/s1. The van der Waals surface area contributed by atoms with Crippen LogP contribution in [0.1, 0.15) is 350 Å². The molecule has 3 unspecified atom stereocenters. The first-order valence-electron chi connectivity index (χ1n) is 36.0. The molecule has 0 saturated heterocycles. The number of phosphoric acid groups is 2. The number of rotatable bonds is 68. The van der Waals surface area contributed by atoms with Gasteiger partial charge in [0.1, 0.15) is 19.3 Å². The van der Waals surface area contributed by atoms with Gasteiger partial charge in [-0.25, -0.2) is 9.13 Å². The maximum absolute atomic E-state index is 13.0. The molecule has 0 heterocycles. The molecule has 0 aromatic carbocycles. The van der Waals surface area contributed by atoms with E-state index < -0.39 is 97.5 Å². The van der Waals surface area contributed by atoms with Crippen LogP contribution >= 0.6 is 15.6 Å². The summed E-state index contributed by atoms with van der Waals surface area (Å²) >= 11 is 0. The van der Waals surface area contributed by atoms with Crippen LogP contribution in [-0.4, -0.2) is 96.7 Å². The number of aliphatic hydroxyl groups is 1. The summed E-state index contributed by atoms with van der Waals surface area (Å²) in [5.74, 6) is -0.663. The Morgan fingerprint density at radius 2 is 0.580 bits per heavy atom. The third kappa shape index (κ3) is 61.6. The Balaban J connectivity index is 5.13. The van der Waals surface area contributed by atoms with Crippen LogP contribution in [0.3, 0.4) is 0 Å². The molecule has 0 aromatic rings. The highest BCUT2D eigenvalue weighted by Crippen LogP contribution is 2.45. The minimum Gasteiger partial charge on any atom is -0.462 e. The summed E-state index contributed by atoms with van der Waals surface area (Å²) < 4.78 is 68.0. The highest BCUT2D eigenvalue weighted by Gasteiger charge is 2.30. The second-order valence-corrected chi connectivity index (χ2v) is 28.5. The van der Waals surface area contributed by atoms with Crippen LogP contribution in [-0.2, 0) is 65.4 Å². The van der Waals surface area contributed by atoms with Crippen LogP contribution in [0.2, 0.25) is 0 Å². The second kappa shape index (κ2) is 61.3. The van der Waals surface area contributed by atoms with E-state index in [1.54, 1.807) is 0 Å². The van der Waals surface area contributed by atoms with Gasteiger partial charge in [-0.05, 0) is 37.5 Å². The molecule has 0 aliphatic heterocycles. The Hall–Kier alpha value is -1.94. The molecule has 0 spiro atoms. The summed E-state index contributed by atoms with van der Waals surface area (Å²) in [6.07, 6.45) is 46.5. The fourth-order valence-corrected chi connectivity index (χ4v) is 12.0. The lowest BCUT2D eigenvalue weighted by molar-refractivity contribution is -0.161. The van der Waals surface area contributed by atoms with Crippen LogP contribution < -0.4 is 0 Å². The quantitative estimate of drug-likeness (QED) is 0.0222. The number of phosphoric ester groups is 2. The molecule has 3 N–H and O–H groups in total. The SMILES string of the molecule is CCCCCCCCCCCCCCCCCCCCCCC(=O)O[C@H](COC(=O)CCCCCCCCCCCCC(C)CC)COP(=O)(O)OC[C@@H](O)COP(=O)(O)OC[C@@H](COC(=O)CCCCCCC)OC(=O)CCCCCCCCC(C)C. The van der Waals surface area contributed by atoms with Gasteiger partial charge in [-0.2, -0.15) is 0 Å². The van der Waals surface area contributed by atoms with Gasteiger partial charge >= 0.3 is 39.5 Å². The summed E-state index contributed by atoms with van der Waals surface area (Å²) in [5.41, 5.74) is 0. The Morgan fingerprint density at radius 1 is 0.330 bits per heavy atom. The average molecular weight is 1300 g/mol. The van der Waals surface area contributed by atoms with Crippen LogP contribution in [0, 0.1) is 11.8 Å². The van der Waals surface area contributed by atoms with Crippen molar-refractivity contribution in [1.82, 2.24) is 0 Å². The topological polar surface area (TPSA) is 237 Å². The minimum absolute atomic E-state index is 0.101. The zero-order valence-corrected chi connectivity index (χ0v) is 58.8. The molecule has 0 rings (SSSR count). The fraction of sp³-hybridized carbons (Fsp3) is 0.942. The van der Waals surface area contributed by atoms with Gasteiger partial charge in [0.05, 0.1) is 26.4 Å². The molecule has 522 valence electrons. The van der Waals surface area contributed by atoms with E-state index in [0.717, 1.165) is 102 Å². The maximum Gasteiger partial charge on any atom is 0.472 e. The Kier molecular flexibility index (Phi) is 59.9. The van der Waals surface area contributed by atoms with Crippen molar-refractivity contribution in [2.45, 2.75) is 368 Å². The minimum atomic E-state index is -4.95. The van der Waals surface area contributed by atoms with E-state index in [1.807, 2.05) is 0 Å². The number of hydrogen-bond donors (Lipinski definition) is 3. The van der Waals surface area contributed by atoms with Gasteiger partial charge in [0, 0.05) is 25.7 Å². The number of carbonyl (C=O) groups is 4. The van der Waals surface area contributed by atoms with Crippen LogP contribution in [0.15, 0.2) is 0 Å². The van der Waals surface area contributed by atoms with E-state index in [2.05, 4.69) is 41.5 Å². The largest absolute Gasteiger partial charge is 0.472 e. The monoisotopic (exact) mass is 1300 g/mol. The third-order valence-electron chi connectivity index (χ3n) is 16.3. The van der Waals surface area contributed by atoms with Crippen molar-refractivity contribution in [3.63, 3.8) is 0 Å². The van der Waals surface area contributed by atoms with Crippen molar-refractivity contribution >= 4 is 39.5 Å². The molecule has 6 atom stereocenters. The molecule has 0 fully saturated rings. The smallest absolute Gasteiger partial charge is 0.462 e. The first-order valence-corrected chi connectivity index (χ1v) is 39.0. The van der Waals surface area contributed by atoms with Crippen LogP contribution in [0.4, 0.5) is 0 Å². The summed E-state index contributed by atoms with van der Waals surface area (Å²) in [6, 6.07) is 0. The molecule has 0 aromatic heterocycles. The first kappa shape index (κ1) is 86.1. The van der Waals surface area contributed by atoms with E-state index in [0.29, 0.717) is 31.6 Å². The van der Waals surface area contributed by atoms with Crippen LogP contribution in [0.25, 0.3) is 0 Å². The number of hydrogen-bond acceptors (Lipinski definition) is 15.